The van der Waals surface area contributed by atoms with Crippen molar-refractivity contribution < 1.29 is 4.79 Å². The molecule has 0 aliphatic rings. The summed E-state index contributed by atoms with van der Waals surface area (Å²) in [7, 11) is 3.82. The fraction of sp³-hybridized carbons (Fsp3) is 0.222. The Morgan fingerprint density at radius 1 is 1.26 bits per heavy atom. The highest BCUT2D eigenvalue weighted by molar-refractivity contribution is 9.10. The van der Waals surface area contributed by atoms with Crippen LogP contribution in [0.1, 0.15) is 12.0 Å². The van der Waals surface area contributed by atoms with Crippen LogP contribution < -0.4 is 4.90 Å². The molecule has 3 rings (SSSR count). The topological polar surface area (TPSA) is 38.1 Å². The van der Waals surface area contributed by atoms with Crippen molar-refractivity contribution in [1.29, 1.82) is 0 Å². The van der Waals surface area contributed by atoms with Gasteiger partial charge in [-0.15, -0.1) is 0 Å². The first-order valence-electron chi connectivity index (χ1n) is 7.48. The summed E-state index contributed by atoms with van der Waals surface area (Å²) in [6.45, 7) is 0. The van der Waals surface area contributed by atoms with E-state index >= 15 is 0 Å². The summed E-state index contributed by atoms with van der Waals surface area (Å²) >= 11 is 3.39. The predicted octanol–water partition coefficient (Wildman–Crippen LogP) is 3.93. The van der Waals surface area contributed by atoms with Crippen molar-refractivity contribution in [2.45, 2.75) is 12.8 Å². The Labute approximate surface area is 143 Å². The lowest BCUT2D eigenvalue weighted by Gasteiger charge is -2.18. The van der Waals surface area contributed by atoms with Gasteiger partial charge in [0.2, 0.25) is 5.91 Å². The monoisotopic (exact) mass is 371 g/mol. The number of hydrogen-bond acceptors (Lipinski definition) is 2. The number of rotatable bonds is 4. The van der Waals surface area contributed by atoms with Crippen LogP contribution >= 0.6 is 15.9 Å². The Balaban J connectivity index is 1.75. The van der Waals surface area contributed by atoms with Crippen LogP contribution in [0, 0.1) is 0 Å². The van der Waals surface area contributed by atoms with Gasteiger partial charge in [-0.1, -0.05) is 18.2 Å². The number of carbonyl (C=O) groups excluding carboxylic acids is 1. The smallest absolute Gasteiger partial charge is 0.227 e. The SMILES string of the molecule is CN(C(=O)CCc1cn(C)c2ccccc12)c1cccnc1Br. The van der Waals surface area contributed by atoms with Gasteiger partial charge < -0.3 is 9.47 Å². The second-order valence-corrected chi connectivity index (χ2v) is 6.30. The Hall–Kier alpha value is -2.14. The fourth-order valence-electron chi connectivity index (χ4n) is 2.80. The minimum absolute atomic E-state index is 0.0756. The fourth-order valence-corrected chi connectivity index (χ4v) is 3.31. The van der Waals surface area contributed by atoms with Crippen molar-refractivity contribution in [2.75, 3.05) is 11.9 Å². The van der Waals surface area contributed by atoms with Crippen LogP contribution in [0.2, 0.25) is 0 Å². The van der Waals surface area contributed by atoms with Crippen molar-refractivity contribution in [1.82, 2.24) is 9.55 Å². The number of aryl methyl sites for hydroxylation is 2. The number of carbonyl (C=O) groups is 1. The van der Waals surface area contributed by atoms with E-state index in [4.69, 9.17) is 0 Å². The number of aromatic nitrogens is 2. The molecule has 0 aliphatic heterocycles. The van der Waals surface area contributed by atoms with Crippen LogP contribution in [0.25, 0.3) is 10.9 Å². The Morgan fingerprint density at radius 2 is 2.04 bits per heavy atom. The maximum atomic E-state index is 12.5. The molecule has 1 amide bonds. The lowest BCUT2D eigenvalue weighted by molar-refractivity contribution is -0.118. The molecule has 0 fully saturated rings. The Kier molecular flexibility index (Phi) is 4.48. The molecule has 0 saturated heterocycles. The number of amides is 1. The number of benzene rings is 1. The maximum absolute atomic E-state index is 12.5. The lowest BCUT2D eigenvalue weighted by Crippen LogP contribution is -2.26. The van der Waals surface area contributed by atoms with Crippen LogP contribution in [-0.4, -0.2) is 22.5 Å². The van der Waals surface area contributed by atoms with E-state index in [1.807, 2.05) is 31.3 Å². The normalized spacial score (nSPS) is 10.9. The van der Waals surface area contributed by atoms with Gasteiger partial charge in [0.15, 0.2) is 0 Å². The molecule has 3 aromatic rings. The van der Waals surface area contributed by atoms with Crippen molar-refractivity contribution in [3.8, 4) is 0 Å². The Morgan fingerprint density at radius 3 is 2.83 bits per heavy atom. The first kappa shape index (κ1) is 15.7. The van der Waals surface area contributed by atoms with Gasteiger partial charge in [-0.25, -0.2) is 4.98 Å². The molecule has 0 spiro atoms. The van der Waals surface area contributed by atoms with Crippen LogP contribution in [0.3, 0.4) is 0 Å². The zero-order valence-electron chi connectivity index (χ0n) is 13.2. The highest BCUT2D eigenvalue weighted by Crippen LogP contribution is 2.24. The molecular formula is C18H18BrN3O. The van der Waals surface area contributed by atoms with Crippen LogP contribution in [0.4, 0.5) is 5.69 Å². The summed E-state index contributed by atoms with van der Waals surface area (Å²) in [5.74, 6) is 0.0756. The molecule has 0 atom stereocenters. The van der Waals surface area contributed by atoms with Crippen LogP contribution in [0.5, 0.6) is 0 Å². The molecule has 4 nitrogen and oxygen atoms in total. The van der Waals surface area contributed by atoms with E-state index in [0.717, 1.165) is 12.1 Å². The number of para-hydroxylation sites is 1. The maximum Gasteiger partial charge on any atom is 0.227 e. The molecule has 1 aromatic carbocycles. The van der Waals surface area contributed by atoms with Gasteiger partial charge in [0.05, 0.1) is 5.69 Å². The van der Waals surface area contributed by atoms with Gasteiger partial charge in [-0.05, 0) is 46.1 Å². The van der Waals surface area contributed by atoms with Gasteiger partial charge in [0, 0.05) is 43.8 Å². The van der Waals surface area contributed by atoms with Crippen molar-refractivity contribution in [3.63, 3.8) is 0 Å². The number of fused-ring (bicyclic) bond motifs is 1. The third-order valence-corrected chi connectivity index (χ3v) is 4.67. The predicted molar refractivity (Wildman–Crippen MR) is 96.6 cm³/mol. The minimum Gasteiger partial charge on any atom is -0.350 e. The minimum atomic E-state index is 0.0756. The summed E-state index contributed by atoms with van der Waals surface area (Å²) < 4.78 is 2.79. The highest BCUT2D eigenvalue weighted by Gasteiger charge is 2.15. The third-order valence-electron chi connectivity index (χ3n) is 4.06. The third kappa shape index (κ3) is 3.15. The molecule has 2 aromatic heterocycles. The number of halogens is 1. The number of pyridine rings is 1. The van der Waals surface area contributed by atoms with Gasteiger partial charge in [0.25, 0.3) is 0 Å². The molecule has 0 aliphatic carbocycles. The molecule has 0 bridgehead atoms. The number of nitrogens with zero attached hydrogens (tertiary/aromatic N) is 3. The van der Waals surface area contributed by atoms with E-state index < -0.39 is 0 Å². The summed E-state index contributed by atoms with van der Waals surface area (Å²) in [6.07, 6.45) is 4.99. The molecule has 5 heteroatoms. The molecular weight excluding hydrogens is 354 g/mol. The summed E-state index contributed by atoms with van der Waals surface area (Å²) in [6, 6.07) is 12.0. The van der Waals surface area contributed by atoms with E-state index in [1.165, 1.54) is 16.5 Å². The number of anilines is 1. The van der Waals surface area contributed by atoms with Crippen LogP contribution in [0.15, 0.2) is 53.4 Å². The first-order valence-corrected chi connectivity index (χ1v) is 8.27. The molecule has 0 unspecified atom stereocenters. The molecule has 0 N–H and O–H groups in total. The molecule has 118 valence electrons. The van der Waals surface area contributed by atoms with Gasteiger partial charge in [-0.3, -0.25) is 4.79 Å². The number of hydrogen-bond donors (Lipinski definition) is 0. The highest BCUT2D eigenvalue weighted by atomic mass is 79.9. The molecule has 0 radical (unpaired) electrons. The van der Waals surface area contributed by atoms with Gasteiger partial charge >= 0.3 is 0 Å². The van der Waals surface area contributed by atoms with Crippen molar-refractivity contribution in [2.24, 2.45) is 7.05 Å². The largest absolute Gasteiger partial charge is 0.350 e. The van der Waals surface area contributed by atoms with Crippen molar-refractivity contribution >= 4 is 38.4 Å². The van der Waals surface area contributed by atoms with E-state index in [1.54, 1.807) is 18.1 Å². The van der Waals surface area contributed by atoms with Gasteiger partial charge in [0.1, 0.15) is 4.60 Å². The summed E-state index contributed by atoms with van der Waals surface area (Å²) in [5, 5.41) is 1.22. The quantitative estimate of drug-likeness (QED) is 0.651. The van der Waals surface area contributed by atoms with E-state index in [-0.39, 0.29) is 5.91 Å². The van der Waals surface area contributed by atoms with E-state index in [0.29, 0.717) is 11.0 Å². The van der Waals surface area contributed by atoms with Crippen molar-refractivity contribution in [3.05, 3.63) is 59.0 Å². The Bertz CT molecular complexity index is 856. The molecule has 23 heavy (non-hydrogen) atoms. The zero-order chi connectivity index (χ0) is 16.4. The lowest BCUT2D eigenvalue weighted by atomic mass is 10.1. The van der Waals surface area contributed by atoms with E-state index in [9.17, 15) is 4.79 Å². The average molecular weight is 372 g/mol. The molecule has 0 saturated carbocycles. The second-order valence-electron chi connectivity index (χ2n) is 5.55. The average Bonchev–Trinajstić information content (AvgIpc) is 2.89. The zero-order valence-corrected chi connectivity index (χ0v) is 14.7. The summed E-state index contributed by atoms with van der Waals surface area (Å²) in [4.78, 5) is 18.3. The van der Waals surface area contributed by atoms with Gasteiger partial charge in [-0.2, -0.15) is 0 Å². The standard InChI is InChI=1S/C18H18BrN3O/c1-21-12-13(14-6-3-4-7-15(14)21)9-10-17(23)22(2)16-8-5-11-20-18(16)19/h3-8,11-12H,9-10H2,1-2H3. The summed E-state index contributed by atoms with van der Waals surface area (Å²) in [5.41, 5.74) is 3.18. The second kappa shape index (κ2) is 6.54. The van der Waals surface area contributed by atoms with Crippen LogP contribution in [-0.2, 0) is 18.3 Å². The molecule has 2 heterocycles. The first-order chi connectivity index (χ1) is 11.1. The van der Waals surface area contributed by atoms with E-state index in [2.05, 4.69) is 43.8 Å².